The molecule has 1 atom stereocenters. The van der Waals surface area contributed by atoms with Crippen LogP contribution >= 0.6 is 27.5 Å². The molecule has 0 aromatic heterocycles. The first-order valence-corrected chi connectivity index (χ1v) is 9.87. The van der Waals surface area contributed by atoms with Gasteiger partial charge in [-0.05, 0) is 59.6 Å². The third-order valence-electron chi connectivity index (χ3n) is 4.55. The highest BCUT2D eigenvalue weighted by Gasteiger charge is 2.36. The summed E-state index contributed by atoms with van der Waals surface area (Å²) in [6.45, 7) is 4.56. The Kier molecular flexibility index (Phi) is 6.07. The Morgan fingerprint density at radius 3 is 2.81 bits per heavy atom. The van der Waals surface area contributed by atoms with E-state index in [1.807, 2.05) is 38.1 Å². The lowest BCUT2D eigenvalue weighted by atomic mass is 10.1. The maximum absolute atomic E-state index is 12.7. The maximum Gasteiger partial charge on any atom is 0.229 e. The first-order chi connectivity index (χ1) is 12.9. The van der Waals surface area contributed by atoms with Gasteiger partial charge in [-0.2, -0.15) is 0 Å². The van der Waals surface area contributed by atoms with Gasteiger partial charge in [0.05, 0.1) is 23.2 Å². The zero-order valence-corrected chi connectivity index (χ0v) is 17.4. The van der Waals surface area contributed by atoms with Gasteiger partial charge in [0, 0.05) is 23.1 Å². The van der Waals surface area contributed by atoms with Crippen molar-refractivity contribution in [1.29, 1.82) is 0 Å². The molecule has 0 radical (unpaired) electrons. The van der Waals surface area contributed by atoms with Crippen LogP contribution in [-0.4, -0.2) is 25.0 Å². The Labute approximate surface area is 171 Å². The molecule has 142 valence electrons. The molecule has 5 nitrogen and oxygen atoms in total. The fourth-order valence-corrected chi connectivity index (χ4v) is 3.69. The summed E-state index contributed by atoms with van der Waals surface area (Å²) < 4.78 is 6.39. The monoisotopic (exact) mass is 450 g/mol. The van der Waals surface area contributed by atoms with Crippen LogP contribution in [0.25, 0.3) is 0 Å². The van der Waals surface area contributed by atoms with Gasteiger partial charge in [0.2, 0.25) is 11.8 Å². The molecule has 27 heavy (non-hydrogen) atoms. The zero-order valence-electron chi connectivity index (χ0n) is 15.1. The van der Waals surface area contributed by atoms with Crippen LogP contribution < -0.4 is 15.0 Å². The van der Waals surface area contributed by atoms with Gasteiger partial charge in [0.1, 0.15) is 5.75 Å². The quantitative estimate of drug-likeness (QED) is 0.710. The van der Waals surface area contributed by atoms with Crippen molar-refractivity contribution in [2.75, 3.05) is 23.4 Å². The van der Waals surface area contributed by atoms with Crippen LogP contribution in [0.15, 0.2) is 40.9 Å². The number of rotatable bonds is 5. The first-order valence-electron chi connectivity index (χ1n) is 8.70. The number of nitrogens with one attached hydrogen (secondary N) is 1. The number of benzene rings is 2. The summed E-state index contributed by atoms with van der Waals surface area (Å²) in [6, 6.07) is 11.0. The van der Waals surface area contributed by atoms with E-state index in [1.54, 1.807) is 17.0 Å². The Balaban J connectivity index is 1.76. The highest BCUT2D eigenvalue weighted by atomic mass is 79.9. The Morgan fingerprint density at radius 2 is 2.07 bits per heavy atom. The van der Waals surface area contributed by atoms with Crippen molar-refractivity contribution in [1.82, 2.24) is 0 Å². The van der Waals surface area contributed by atoms with Crippen LogP contribution in [0.5, 0.6) is 5.75 Å². The molecule has 1 N–H and O–H groups in total. The van der Waals surface area contributed by atoms with Crippen LogP contribution in [0.4, 0.5) is 11.4 Å². The third kappa shape index (κ3) is 4.12. The first kappa shape index (κ1) is 19.7. The highest BCUT2D eigenvalue weighted by molar-refractivity contribution is 9.10. The number of amides is 2. The summed E-state index contributed by atoms with van der Waals surface area (Å²) in [6.07, 6.45) is 0.162. The summed E-state index contributed by atoms with van der Waals surface area (Å²) in [5, 5.41) is 3.46. The van der Waals surface area contributed by atoms with Gasteiger partial charge in [-0.1, -0.05) is 23.7 Å². The van der Waals surface area contributed by atoms with Gasteiger partial charge in [-0.15, -0.1) is 0 Å². The van der Waals surface area contributed by atoms with Gasteiger partial charge >= 0.3 is 0 Å². The van der Waals surface area contributed by atoms with E-state index in [-0.39, 0.29) is 18.2 Å². The fraction of sp³-hybridized carbons (Fsp3) is 0.300. The largest absolute Gasteiger partial charge is 0.492 e. The fourth-order valence-electron chi connectivity index (χ4n) is 3.10. The predicted molar refractivity (Wildman–Crippen MR) is 111 cm³/mol. The summed E-state index contributed by atoms with van der Waals surface area (Å²) in [5.74, 6) is -0.0759. The molecule has 1 heterocycles. The zero-order chi connectivity index (χ0) is 19.6. The van der Waals surface area contributed by atoms with Crippen molar-refractivity contribution < 1.29 is 14.3 Å². The summed E-state index contributed by atoms with van der Waals surface area (Å²) in [7, 11) is 0. The third-order valence-corrected chi connectivity index (χ3v) is 5.93. The number of anilines is 2. The molecule has 0 aliphatic carbocycles. The van der Waals surface area contributed by atoms with Crippen LogP contribution in [0, 0.1) is 12.8 Å². The predicted octanol–water partition coefficient (Wildman–Crippen LogP) is 4.80. The lowest BCUT2D eigenvalue weighted by molar-refractivity contribution is -0.122. The van der Waals surface area contributed by atoms with Crippen molar-refractivity contribution in [3.63, 3.8) is 0 Å². The number of halogens is 2. The van der Waals surface area contributed by atoms with Gasteiger partial charge in [-0.3, -0.25) is 9.59 Å². The van der Waals surface area contributed by atoms with Gasteiger partial charge in [0.15, 0.2) is 0 Å². The SMILES string of the molecule is CCOc1ccccc1N1C[C@H](C(=O)Nc2ccc(Br)c(Cl)c2C)CC1=O. The van der Waals surface area contributed by atoms with E-state index in [2.05, 4.69) is 21.2 Å². The van der Waals surface area contributed by atoms with Crippen molar-refractivity contribution in [3.05, 3.63) is 51.5 Å². The molecule has 1 fully saturated rings. The minimum absolute atomic E-state index is 0.0899. The molecule has 0 saturated carbocycles. The van der Waals surface area contributed by atoms with Gasteiger partial charge < -0.3 is 15.0 Å². The van der Waals surface area contributed by atoms with E-state index in [1.165, 1.54) is 0 Å². The standard InChI is InChI=1S/C20H20BrClN2O3/c1-3-27-17-7-5-4-6-16(17)24-11-13(10-18(24)25)20(26)23-15-9-8-14(21)19(22)12(15)2/h4-9,13H,3,10-11H2,1-2H3,(H,23,26)/t13-/m1/s1. The number of ether oxygens (including phenoxy) is 1. The van der Waals surface area contributed by atoms with Crippen LogP contribution in [0.3, 0.4) is 0 Å². The van der Waals surface area contributed by atoms with E-state index in [9.17, 15) is 9.59 Å². The molecule has 1 aliphatic heterocycles. The van der Waals surface area contributed by atoms with Gasteiger partial charge in [0.25, 0.3) is 0 Å². The van der Waals surface area contributed by atoms with Crippen molar-refractivity contribution in [2.24, 2.45) is 5.92 Å². The van der Waals surface area contributed by atoms with Crippen LogP contribution in [-0.2, 0) is 9.59 Å². The Bertz CT molecular complexity index is 888. The Morgan fingerprint density at radius 1 is 1.33 bits per heavy atom. The highest BCUT2D eigenvalue weighted by Crippen LogP contribution is 2.34. The minimum atomic E-state index is -0.436. The molecule has 1 aliphatic rings. The second kappa shape index (κ2) is 8.31. The van der Waals surface area contributed by atoms with Crippen LogP contribution in [0.2, 0.25) is 5.02 Å². The Hall–Kier alpha value is -2.05. The van der Waals surface area contributed by atoms with Crippen molar-refractivity contribution in [3.8, 4) is 5.75 Å². The molecular formula is C20H20BrClN2O3. The van der Waals surface area contributed by atoms with E-state index in [0.717, 1.165) is 10.0 Å². The normalized spacial score (nSPS) is 16.5. The molecule has 0 spiro atoms. The molecule has 3 rings (SSSR count). The number of hydrogen-bond acceptors (Lipinski definition) is 3. The van der Waals surface area contributed by atoms with E-state index in [0.29, 0.717) is 35.3 Å². The second-order valence-electron chi connectivity index (χ2n) is 6.33. The number of carbonyl (C=O) groups excluding carboxylic acids is 2. The number of para-hydroxylation sites is 2. The minimum Gasteiger partial charge on any atom is -0.492 e. The van der Waals surface area contributed by atoms with Crippen molar-refractivity contribution >= 4 is 50.7 Å². The molecule has 2 amide bonds. The molecule has 2 aromatic carbocycles. The molecule has 2 aromatic rings. The molecule has 1 saturated heterocycles. The summed E-state index contributed by atoms with van der Waals surface area (Å²) in [4.78, 5) is 26.9. The second-order valence-corrected chi connectivity index (χ2v) is 7.56. The lowest BCUT2D eigenvalue weighted by Crippen LogP contribution is -2.28. The number of nitrogens with zero attached hydrogens (tertiary/aromatic N) is 1. The molecular weight excluding hydrogens is 432 g/mol. The van der Waals surface area contributed by atoms with E-state index < -0.39 is 5.92 Å². The number of hydrogen-bond donors (Lipinski definition) is 1. The smallest absolute Gasteiger partial charge is 0.229 e. The maximum atomic E-state index is 12.7. The van der Waals surface area contributed by atoms with Gasteiger partial charge in [-0.25, -0.2) is 0 Å². The number of carbonyl (C=O) groups is 2. The van der Waals surface area contributed by atoms with E-state index in [4.69, 9.17) is 16.3 Å². The molecule has 7 heteroatoms. The van der Waals surface area contributed by atoms with Crippen LogP contribution in [0.1, 0.15) is 18.9 Å². The van der Waals surface area contributed by atoms with E-state index >= 15 is 0 Å². The average Bonchev–Trinajstić information content (AvgIpc) is 3.04. The average molecular weight is 452 g/mol. The summed E-state index contributed by atoms with van der Waals surface area (Å²) in [5.41, 5.74) is 2.12. The lowest BCUT2D eigenvalue weighted by Gasteiger charge is -2.20. The molecule has 0 unspecified atom stereocenters. The molecule has 0 bridgehead atoms. The topological polar surface area (TPSA) is 58.6 Å². The summed E-state index contributed by atoms with van der Waals surface area (Å²) >= 11 is 9.59. The van der Waals surface area contributed by atoms with Crippen molar-refractivity contribution in [2.45, 2.75) is 20.3 Å².